The molecule has 0 radical (unpaired) electrons. The van der Waals surface area contributed by atoms with Crippen molar-refractivity contribution in [2.24, 2.45) is 5.92 Å². The van der Waals surface area contributed by atoms with Crippen LogP contribution in [0.15, 0.2) is 0 Å². The summed E-state index contributed by atoms with van der Waals surface area (Å²) in [6.07, 6.45) is 1.86. The maximum atomic E-state index is 9.60. The Morgan fingerprint density at radius 2 is 2.19 bits per heavy atom. The number of ether oxygens (including phenoxy) is 2. The second kappa shape index (κ2) is 8.01. The Morgan fingerprint density at radius 1 is 1.44 bits per heavy atom. The van der Waals surface area contributed by atoms with Crippen LogP contribution in [0.5, 0.6) is 0 Å². The Kier molecular flexibility index (Phi) is 6.96. The molecule has 4 heteroatoms. The maximum Gasteiger partial charge on any atom is 0.0897 e. The van der Waals surface area contributed by atoms with Gasteiger partial charge in [-0.2, -0.15) is 0 Å². The van der Waals surface area contributed by atoms with Crippen LogP contribution in [-0.4, -0.2) is 50.2 Å². The lowest BCUT2D eigenvalue weighted by molar-refractivity contribution is -0.0172. The number of aliphatic hydroxyl groups is 1. The zero-order valence-corrected chi connectivity index (χ0v) is 10.4. The summed E-state index contributed by atoms with van der Waals surface area (Å²) in [4.78, 5) is 0. The highest BCUT2D eigenvalue weighted by Crippen LogP contribution is 2.03. The average molecular weight is 231 g/mol. The lowest BCUT2D eigenvalue weighted by Crippen LogP contribution is -2.48. The summed E-state index contributed by atoms with van der Waals surface area (Å²) in [6.45, 7) is 7.72. The monoisotopic (exact) mass is 231 g/mol. The molecule has 0 aliphatic carbocycles. The number of nitrogens with one attached hydrogen (secondary N) is 1. The molecular formula is C12H25NO3. The zero-order chi connectivity index (χ0) is 11.8. The molecule has 1 saturated heterocycles. The van der Waals surface area contributed by atoms with E-state index in [9.17, 15) is 5.11 Å². The van der Waals surface area contributed by atoms with Gasteiger partial charge in [0.2, 0.25) is 0 Å². The Morgan fingerprint density at radius 3 is 2.75 bits per heavy atom. The van der Waals surface area contributed by atoms with Crippen molar-refractivity contribution < 1.29 is 14.6 Å². The van der Waals surface area contributed by atoms with Crippen molar-refractivity contribution in [3.05, 3.63) is 0 Å². The molecule has 4 nitrogen and oxygen atoms in total. The molecule has 0 aromatic heterocycles. The van der Waals surface area contributed by atoms with Crippen LogP contribution >= 0.6 is 0 Å². The van der Waals surface area contributed by atoms with Gasteiger partial charge in [0.1, 0.15) is 0 Å². The Bertz CT molecular complexity index is 172. The summed E-state index contributed by atoms with van der Waals surface area (Å²) in [7, 11) is 0. The van der Waals surface area contributed by atoms with E-state index < -0.39 is 6.10 Å². The van der Waals surface area contributed by atoms with E-state index in [1.54, 1.807) is 0 Å². The molecule has 1 aliphatic rings. The van der Waals surface area contributed by atoms with Crippen molar-refractivity contribution in [1.29, 1.82) is 0 Å². The predicted octanol–water partition coefficient (Wildman–Crippen LogP) is 0.788. The summed E-state index contributed by atoms with van der Waals surface area (Å²) in [5.74, 6) is 0.730. The van der Waals surface area contributed by atoms with E-state index in [4.69, 9.17) is 9.47 Å². The Balaban J connectivity index is 1.83. The molecule has 0 bridgehead atoms. The van der Waals surface area contributed by atoms with E-state index >= 15 is 0 Å². The summed E-state index contributed by atoms with van der Waals surface area (Å²) in [5.41, 5.74) is 0. The Hall–Kier alpha value is -0.160. The van der Waals surface area contributed by atoms with Gasteiger partial charge in [0.25, 0.3) is 0 Å². The summed E-state index contributed by atoms with van der Waals surface area (Å²) in [6, 6.07) is 0.426. The molecule has 1 heterocycles. The van der Waals surface area contributed by atoms with Gasteiger partial charge in [-0.3, -0.25) is 0 Å². The van der Waals surface area contributed by atoms with E-state index in [0.29, 0.717) is 19.2 Å². The van der Waals surface area contributed by atoms with Crippen molar-refractivity contribution in [1.82, 2.24) is 5.32 Å². The van der Waals surface area contributed by atoms with Crippen LogP contribution in [0.2, 0.25) is 0 Å². The van der Waals surface area contributed by atoms with Gasteiger partial charge in [-0.05, 0) is 18.8 Å². The molecule has 1 aliphatic heterocycles. The van der Waals surface area contributed by atoms with Gasteiger partial charge in [-0.25, -0.2) is 0 Å². The Labute approximate surface area is 98.3 Å². The standard InChI is InChI=1S/C12H25NO3/c1-10(2)4-3-5-15-9-12(14)6-13-11-7-16-8-11/h10-14H,3-9H2,1-2H3. The fraction of sp³-hybridized carbons (Fsp3) is 1.00. The zero-order valence-electron chi connectivity index (χ0n) is 10.4. The second-order valence-corrected chi connectivity index (χ2v) is 4.91. The van der Waals surface area contributed by atoms with Crippen LogP contribution < -0.4 is 5.32 Å². The molecular weight excluding hydrogens is 206 g/mol. The third-order valence-electron chi connectivity index (χ3n) is 2.66. The minimum Gasteiger partial charge on any atom is -0.389 e. The highest BCUT2D eigenvalue weighted by atomic mass is 16.5. The minimum atomic E-state index is -0.403. The van der Waals surface area contributed by atoms with Crippen molar-refractivity contribution in [2.45, 2.75) is 38.8 Å². The molecule has 0 aromatic rings. The third-order valence-corrected chi connectivity index (χ3v) is 2.66. The molecule has 1 atom stereocenters. The highest BCUT2D eigenvalue weighted by Gasteiger charge is 2.18. The number of aliphatic hydroxyl groups excluding tert-OH is 1. The molecule has 0 aromatic carbocycles. The van der Waals surface area contributed by atoms with E-state index in [0.717, 1.165) is 32.2 Å². The number of rotatable bonds is 9. The van der Waals surface area contributed by atoms with Crippen LogP contribution in [0.4, 0.5) is 0 Å². The molecule has 2 N–H and O–H groups in total. The molecule has 16 heavy (non-hydrogen) atoms. The largest absolute Gasteiger partial charge is 0.389 e. The molecule has 96 valence electrons. The fourth-order valence-corrected chi connectivity index (χ4v) is 1.53. The van der Waals surface area contributed by atoms with Crippen LogP contribution in [0.3, 0.4) is 0 Å². The van der Waals surface area contributed by atoms with Crippen molar-refractivity contribution in [3.63, 3.8) is 0 Å². The first kappa shape index (κ1) is 13.9. The quantitative estimate of drug-likeness (QED) is 0.576. The van der Waals surface area contributed by atoms with Crippen LogP contribution in [0.1, 0.15) is 26.7 Å². The van der Waals surface area contributed by atoms with Gasteiger partial charge in [0.05, 0.1) is 32.0 Å². The van der Waals surface area contributed by atoms with Gasteiger partial charge < -0.3 is 19.9 Å². The van der Waals surface area contributed by atoms with Gasteiger partial charge >= 0.3 is 0 Å². The molecule has 0 amide bonds. The van der Waals surface area contributed by atoms with E-state index in [1.807, 2.05) is 0 Å². The average Bonchev–Trinajstić information content (AvgIpc) is 2.14. The second-order valence-electron chi connectivity index (χ2n) is 4.91. The smallest absolute Gasteiger partial charge is 0.0897 e. The van der Waals surface area contributed by atoms with Gasteiger partial charge in [0.15, 0.2) is 0 Å². The van der Waals surface area contributed by atoms with Crippen molar-refractivity contribution in [3.8, 4) is 0 Å². The van der Waals surface area contributed by atoms with Crippen LogP contribution in [0, 0.1) is 5.92 Å². The topological polar surface area (TPSA) is 50.7 Å². The first-order chi connectivity index (χ1) is 7.68. The normalized spacial score (nSPS) is 18.8. The van der Waals surface area contributed by atoms with Gasteiger partial charge in [-0.15, -0.1) is 0 Å². The van der Waals surface area contributed by atoms with Crippen molar-refractivity contribution >= 4 is 0 Å². The van der Waals surface area contributed by atoms with Crippen molar-refractivity contribution in [2.75, 3.05) is 33.0 Å². The number of hydrogen-bond donors (Lipinski definition) is 2. The maximum absolute atomic E-state index is 9.60. The molecule has 1 rings (SSSR count). The summed E-state index contributed by atoms with van der Waals surface area (Å²) < 4.78 is 10.4. The van der Waals surface area contributed by atoms with Gasteiger partial charge in [-0.1, -0.05) is 13.8 Å². The lowest BCUT2D eigenvalue weighted by Gasteiger charge is -2.27. The van der Waals surface area contributed by atoms with Crippen LogP contribution in [0.25, 0.3) is 0 Å². The first-order valence-electron chi connectivity index (χ1n) is 6.25. The highest BCUT2D eigenvalue weighted by molar-refractivity contribution is 4.74. The molecule has 0 saturated carbocycles. The lowest BCUT2D eigenvalue weighted by atomic mass is 10.1. The van der Waals surface area contributed by atoms with Crippen LogP contribution in [-0.2, 0) is 9.47 Å². The third kappa shape index (κ3) is 6.43. The SMILES string of the molecule is CC(C)CCCOCC(O)CNC1COC1. The molecule has 1 unspecified atom stereocenters. The molecule has 0 spiro atoms. The minimum absolute atomic E-state index is 0.403. The van der Waals surface area contributed by atoms with Gasteiger partial charge in [0, 0.05) is 13.2 Å². The molecule has 1 fully saturated rings. The first-order valence-corrected chi connectivity index (χ1v) is 6.25. The van der Waals surface area contributed by atoms with E-state index in [1.165, 1.54) is 6.42 Å². The predicted molar refractivity (Wildman–Crippen MR) is 63.5 cm³/mol. The van der Waals surface area contributed by atoms with E-state index in [-0.39, 0.29) is 0 Å². The number of hydrogen-bond acceptors (Lipinski definition) is 4. The summed E-state index contributed by atoms with van der Waals surface area (Å²) in [5, 5.41) is 12.8. The fourth-order valence-electron chi connectivity index (χ4n) is 1.53. The van der Waals surface area contributed by atoms with E-state index in [2.05, 4.69) is 19.2 Å². The summed E-state index contributed by atoms with van der Waals surface area (Å²) >= 11 is 0.